The van der Waals surface area contributed by atoms with Gasteiger partial charge >= 0.3 is 0 Å². The molecule has 0 fully saturated rings. The number of fused-ring (bicyclic) bond motifs is 1. The number of ether oxygens (including phenoxy) is 4. The maximum absolute atomic E-state index is 6.14. The Labute approximate surface area is 198 Å². The van der Waals surface area contributed by atoms with Crippen molar-refractivity contribution in [2.24, 2.45) is 0 Å². The van der Waals surface area contributed by atoms with Crippen molar-refractivity contribution in [1.29, 1.82) is 0 Å². The first-order valence-electron chi connectivity index (χ1n) is 12.0. The average Bonchev–Trinajstić information content (AvgIpc) is 2.84. The number of nitrogens with zero attached hydrogens (tertiary/aromatic N) is 1. The monoisotopic (exact) mass is 451 g/mol. The summed E-state index contributed by atoms with van der Waals surface area (Å²) in [6, 6.07) is 16.4. The van der Waals surface area contributed by atoms with Crippen molar-refractivity contribution >= 4 is 10.9 Å². The standard InChI is InChI=1S/C28H37NO4/c1-4-5-18-33-28-22(2)27(29-26-11-7-6-10-25(26)28)21-31-17-8-9-19-32-24-14-12-23(13-15-24)16-20-30-3/h6-7,10-15H,4-5,8-9,16-21H2,1-3H3. The third-order valence-electron chi connectivity index (χ3n) is 5.63. The molecule has 3 rings (SSSR count). The van der Waals surface area contributed by atoms with Crippen molar-refractivity contribution in [3.8, 4) is 11.5 Å². The third-order valence-corrected chi connectivity index (χ3v) is 5.63. The quantitative estimate of drug-likeness (QED) is 0.254. The third kappa shape index (κ3) is 7.72. The second-order valence-electron chi connectivity index (χ2n) is 8.23. The Bertz CT molecular complexity index is 972. The maximum Gasteiger partial charge on any atom is 0.133 e. The van der Waals surface area contributed by atoms with E-state index in [1.165, 1.54) is 5.56 Å². The molecule has 0 saturated heterocycles. The highest BCUT2D eigenvalue weighted by Gasteiger charge is 2.13. The topological polar surface area (TPSA) is 49.8 Å². The molecule has 0 saturated carbocycles. The highest BCUT2D eigenvalue weighted by molar-refractivity contribution is 5.86. The summed E-state index contributed by atoms with van der Waals surface area (Å²) in [7, 11) is 1.72. The molecule has 0 amide bonds. The number of benzene rings is 2. The van der Waals surface area contributed by atoms with Crippen molar-refractivity contribution in [3.63, 3.8) is 0 Å². The molecule has 0 bridgehead atoms. The van der Waals surface area contributed by atoms with Crippen molar-refractivity contribution in [2.75, 3.05) is 33.5 Å². The molecule has 0 spiro atoms. The summed E-state index contributed by atoms with van der Waals surface area (Å²) in [4.78, 5) is 4.83. The van der Waals surface area contributed by atoms with Crippen molar-refractivity contribution in [2.45, 2.75) is 52.6 Å². The van der Waals surface area contributed by atoms with Crippen LogP contribution in [-0.2, 0) is 22.5 Å². The summed E-state index contributed by atoms with van der Waals surface area (Å²) in [5.41, 5.74) is 4.23. The van der Waals surface area contributed by atoms with Gasteiger partial charge in [-0.1, -0.05) is 37.6 Å². The van der Waals surface area contributed by atoms with Crippen molar-refractivity contribution in [3.05, 3.63) is 65.4 Å². The summed E-state index contributed by atoms with van der Waals surface area (Å²) >= 11 is 0. The Morgan fingerprint density at radius 3 is 2.36 bits per heavy atom. The van der Waals surface area contributed by atoms with Crippen LogP contribution in [0.25, 0.3) is 10.9 Å². The molecule has 0 radical (unpaired) electrons. The van der Waals surface area contributed by atoms with Crippen LogP contribution in [-0.4, -0.2) is 38.5 Å². The smallest absolute Gasteiger partial charge is 0.133 e. The van der Waals surface area contributed by atoms with Gasteiger partial charge in [0.25, 0.3) is 0 Å². The highest BCUT2D eigenvalue weighted by atomic mass is 16.5. The van der Waals surface area contributed by atoms with Crippen molar-refractivity contribution in [1.82, 2.24) is 4.98 Å². The number of aromatic nitrogens is 1. The molecule has 5 heteroatoms. The van der Waals surface area contributed by atoms with E-state index in [1.54, 1.807) is 7.11 Å². The van der Waals surface area contributed by atoms with Gasteiger partial charge in [0, 0.05) is 24.7 Å². The second kappa shape index (κ2) is 13.8. The van der Waals surface area contributed by atoms with Crippen LogP contribution in [0.4, 0.5) is 0 Å². The van der Waals surface area contributed by atoms with E-state index in [4.69, 9.17) is 23.9 Å². The number of rotatable bonds is 15. The lowest BCUT2D eigenvalue weighted by molar-refractivity contribution is 0.111. The van der Waals surface area contributed by atoms with Crippen LogP contribution in [0.5, 0.6) is 11.5 Å². The molecule has 2 aromatic carbocycles. The Hall–Kier alpha value is -2.63. The lowest BCUT2D eigenvalue weighted by atomic mass is 10.1. The molecule has 5 nitrogen and oxygen atoms in total. The van der Waals surface area contributed by atoms with Gasteiger partial charge in [-0.2, -0.15) is 0 Å². The maximum atomic E-state index is 6.14. The largest absolute Gasteiger partial charge is 0.494 e. The molecule has 178 valence electrons. The van der Waals surface area contributed by atoms with Crippen LogP contribution in [0.15, 0.2) is 48.5 Å². The van der Waals surface area contributed by atoms with E-state index < -0.39 is 0 Å². The summed E-state index contributed by atoms with van der Waals surface area (Å²) in [5.74, 6) is 1.85. The Kier molecular flexibility index (Phi) is 10.5. The van der Waals surface area contributed by atoms with Gasteiger partial charge in [0.2, 0.25) is 0 Å². The zero-order chi connectivity index (χ0) is 23.3. The van der Waals surface area contributed by atoms with Crippen LogP contribution < -0.4 is 9.47 Å². The molecule has 3 aromatic rings. The number of hydrogen-bond donors (Lipinski definition) is 0. The fourth-order valence-corrected chi connectivity index (χ4v) is 3.61. The van der Waals surface area contributed by atoms with E-state index in [-0.39, 0.29) is 0 Å². The SMILES string of the molecule is CCCCOc1c(C)c(COCCCCOc2ccc(CCOC)cc2)nc2ccccc12. The van der Waals surface area contributed by atoms with E-state index in [0.29, 0.717) is 19.8 Å². The van der Waals surface area contributed by atoms with Crippen LogP contribution in [0, 0.1) is 6.92 Å². The van der Waals surface area contributed by atoms with E-state index in [0.717, 1.165) is 79.0 Å². The fraction of sp³-hybridized carbons (Fsp3) is 0.464. The average molecular weight is 452 g/mol. The number of methoxy groups -OCH3 is 1. The minimum atomic E-state index is 0.491. The van der Waals surface area contributed by atoms with Gasteiger partial charge in [-0.25, -0.2) is 4.98 Å². The number of hydrogen-bond acceptors (Lipinski definition) is 5. The van der Waals surface area contributed by atoms with E-state index in [1.807, 2.05) is 30.3 Å². The summed E-state index contributed by atoms with van der Waals surface area (Å²) < 4.78 is 23.0. The molecule has 33 heavy (non-hydrogen) atoms. The zero-order valence-corrected chi connectivity index (χ0v) is 20.3. The molecule has 0 aliphatic rings. The molecular weight excluding hydrogens is 414 g/mol. The first-order chi connectivity index (χ1) is 16.2. The second-order valence-corrected chi connectivity index (χ2v) is 8.23. The minimum Gasteiger partial charge on any atom is -0.494 e. The van der Waals surface area contributed by atoms with Gasteiger partial charge in [-0.15, -0.1) is 0 Å². The fourth-order valence-electron chi connectivity index (χ4n) is 3.61. The first-order valence-corrected chi connectivity index (χ1v) is 12.0. The molecule has 0 unspecified atom stereocenters. The first kappa shape index (κ1) is 25.0. The molecule has 1 heterocycles. The molecule has 0 atom stereocenters. The van der Waals surface area contributed by atoms with E-state index in [9.17, 15) is 0 Å². The number of para-hydroxylation sites is 1. The van der Waals surface area contributed by atoms with Crippen LogP contribution in [0.1, 0.15) is 49.4 Å². The summed E-state index contributed by atoms with van der Waals surface area (Å²) in [6.45, 7) is 7.57. The van der Waals surface area contributed by atoms with E-state index in [2.05, 4.69) is 32.0 Å². The minimum absolute atomic E-state index is 0.491. The van der Waals surface area contributed by atoms with Gasteiger partial charge in [-0.3, -0.25) is 0 Å². The molecular formula is C28H37NO4. The predicted octanol–water partition coefficient (Wildman–Crippen LogP) is 6.29. The van der Waals surface area contributed by atoms with Gasteiger partial charge in [0.1, 0.15) is 11.5 Å². The van der Waals surface area contributed by atoms with Crippen LogP contribution in [0.3, 0.4) is 0 Å². The van der Waals surface area contributed by atoms with Crippen molar-refractivity contribution < 1.29 is 18.9 Å². The Balaban J connectivity index is 1.43. The van der Waals surface area contributed by atoms with E-state index >= 15 is 0 Å². The normalized spacial score (nSPS) is 11.1. The lowest BCUT2D eigenvalue weighted by Crippen LogP contribution is -2.06. The van der Waals surface area contributed by atoms with Gasteiger partial charge in [-0.05, 0) is 62.4 Å². The Morgan fingerprint density at radius 1 is 0.818 bits per heavy atom. The number of pyridine rings is 1. The van der Waals surface area contributed by atoms with Crippen LogP contribution >= 0.6 is 0 Å². The lowest BCUT2D eigenvalue weighted by Gasteiger charge is -2.15. The van der Waals surface area contributed by atoms with Crippen LogP contribution in [0.2, 0.25) is 0 Å². The summed E-state index contributed by atoms with van der Waals surface area (Å²) in [6.07, 6.45) is 4.97. The van der Waals surface area contributed by atoms with Gasteiger partial charge in [0.15, 0.2) is 0 Å². The Morgan fingerprint density at radius 2 is 1.58 bits per heavy atom. The molecule has 0 aliphatic heterocycles. The highest BCUT2D eigenvalue weighted by Crippen LogP contribution is 2.31. The predicted molar refractivity (Wildman–Crippen MR) is 133 cm³/mol. The molecule has 0 aliphatic carbocycles. The summed E-state index contributed by atoms with van der Waals surface area (Å²) in [5, 5.41) is 1.07. The molecule has 0 N–H and O–H groups in total. The van der Waals surface area contributed by atoms with Gasteiger partial charge in [0.05, 0.1) is 37.6 Å². The number of unbranched alkanes of at least 4 members (excludes halogenated alkanes) is 2. The molecule has 1 aromatic heterocycles. The zero-order valence-electron chi connectivity index (χ0n) is 20.3. The van der Waals surface area contributed by atoms with Gasteiger partial charge < -0.3 is 18.9 Å².